The third-order valence-electron chi connectivity index (χ3n) is 12.8. The molecule has 0 spiro atoms. The Balaban J connectivity index is 1.32. The standard InChI is InChI=1S/C44H57BrN4O6SSi2/c1-28-12-15-31(16-13-28)56(51,52)49-26-34(32-17-14-30(45)20-38(32)49)36-23-47-37(24-46-36)35-25-48(27-54-18-19-57(7,8)9)41-40(35)33-21-44(53-6,42(41)50)22-39(29(33)2)55-58(10,11)43(3,4)5/h12-17,20,23-26,29,33,39H,18-19,21-22,27H2,1-11H3/t29-,33+,39-,44+/m1/s1. The van der Waals surface area contributed by atoms with Gasteiger partial charge in [-0.25, -0.2) is 12.4 Å². The van der Waals surface area contributed by atoms with E-state index in [2.05, 4.69) is 76.4 Å². The Bertz CT molecular complexity index is 2470. The van der Waals surface area contributed by atoms with Crippen molar-refractivity contribution in [2.24, 2.45) is 5.92 Å². The van der Waals surface area contributed by atoms with Crippen molar-refractivity contribution in [3.63, 3.8) is 0 Å². The molecule has 10 nitrogen and oxygen atoms in total. The summed E-state index contributed by atoms with van der Waals surface area (Å²) in [5, 5.41) is 0.728. The number of halogens is 1. The third-order valence-corrected chi connectivity index (χ3v) is 21.2. The Morgan fingerprint density at radius 2 is 1.60 bits per heavy atom. The number of Topliss-reactive ketones (excluding diaryl/α,β-unsaturated/α-hetero) is 1. The summed E-state index contributed by atoms with van der Waals surface area (Å²) in [7, 11) is -5.81. The van der Waals surface area contributed by atoms with E-state index in [9.17, 15) is 13.2 Å². The summed E-state index contributed by atoms with van der Waals surface area (Å²) < 4.78 is 51.8. The molecule has 3 heterocycles. The Labute approximate surface area is 354 Å². The number of aryl methyl sites for hydroxylation is 1. The van der Waals surface area contributed by atoms with Crippen LogP contribution in [0.2, 0.25) is 43.8 Å². The minimum absolute atomic E-state index is 0.00140. The monoisotopic (exact) mass is 904 g/mol. The van der Waals surface area contributed by atoms with Gasteiger partial charge in [-0.15, -0.1) is 0 Å². The molecular formula is C44H57BrN4O6SSi2. The lowest BCUT2D eigenvalue weighted by Crippen LogP contribution is -2.58. The molecule has 5 aromatic rings. The molecule has 0 saturated heterocycles. The SMILES string of the molecule is CO[C@]12C[C@H](c3c(-c4cnc(-c5cn(S(=O)(=O)c6ccc(C)cc6)c6cc(Br)ccc56)cn4)cn(COCC[Si](C)(C)C)c3C1=O)[C@@H](C)[C@H](O[Si](C)(C)C(C)(C)C)C2. The number of benzene rings is 2. The van der Waals surface area contributed by atoms with Crippen molar-refractivity contribution in [3.8, 4) is 22.5 Å². The van der Waals surface area contributed by atoms with Crippen LogP contribution in [0.3, 0.4) is 0 Å². The van der Waals surface area contributed by atoms with Gasteiger partial charge in [-0.05, 0) is 79.2 Å². The number of hydrogen-bond donors (Lipinski definition) is 0. The fraction of sp³-hybridized carbons (Fsp3) is 0.477. The molecule has 2 aliphatic rings. The smallest absolute Gasteiger partial charge is 0.268 e. The van der Waals surface area contributed by atoms with E-state index in [1.807, 2.05) is 29.8 Å². The second-order valence-electron chi connectivity index (χ2n) is 19.0. The summed E-state index contributed by atoms with van der Waals surface area (Å²) in [6.45, 7) is 23.3. The van der Waals surface area contributed by atoms with E-state index in [-0.39, 0.29) is 40.4 Å². The number of ether oxygens (including phenoxy) is 2. The maximum Gasteiger partial charge on any atom is 0.268 e. The topological polar surface area (TPSA) is 115 Å². The van der Waals surface area contributed by atoms with Gasteiger partial charge >= 0.3 is 0 Å². The molecule has 2 aliphatic carbocycles. The lowest BCUT2D eigenvalue weighted by molar-refractivity contribution is -0.0780. The van der Waals surface area contributed by atoms with Gasteiger partial charge in [0.05, 0.1) is 46.0 Å². The highest BCUT2D eigenvalue weighted by Gasteiger charge is 2.58. The average molecular weight is 906 g/mol. The fourth-order valence-electron chi connectivity index (χ4n) is 8.18. The first-order chi connectivity index (χ1) is 27.1. The summed E-state index contributed by atoms with van der Waals surface area (Å²) in [5.41, 5.74) is 4.66. The van der Waals surface area contributed by atoms with Gasteiger partial charge in [-0.2, -0.15) is 0 Å². The molecule has 1 saturated carbocycles. The summed E-state index contributed by atoms with van der Waals surface area (Å²) in [4.78, 5) is 25.0. The van der Waals surface area contributed by atoms with Gasteiger partial charge in [-0.1, -0.05) is 87.0 Å². The first-order valence-corrected chi connectivity index (χ1v) is 29.0. The first-order valence-electron chi connectivity index (χ1n) is 20.1. The maximum absolute atomic E-state index is 14.9. The van der Waals surface area contributed by atoms with Crippen LogP contribution in [-0.2, 0) is 30.7 Å². The van der Waals surface area contributed by atoms with Gasteiger partial charge in [0.25, 0.3) is 10.0 Å². The van der Waals surface area contributed by atoms with Gasteiger partial charge in [0, 0.05) is 61.6 Å². The molecule has 0 amide bonds. The Kier molecular flexibility index (Phi) is 11.3. The van der Waals surface area contributed by atoms with Crippen LogP contribution in [0.25, 0.3) is 33.4 Å². The number of rotatable bonds is 12. The van der Waals surface area contributed by atoms with Crippen molar-refractivity contribution in [1.29, 1.82) is 0 Å². The number of carbonyl (C=O) groups is 1. The predicted molar refractivity (Wildman–Crippen MR) is 239 cm³/mol. The van der Waals surface area contributed by atoms with Crippen molar-refractivity contribution < 1.29 is 27.1 Å². The number of carbonyl (C=O) groups excluding carboxylic acids is 1. The molecular weight excluding hydrogens is 849 g/mol. The molecule has 3 aromatic heterocycles. The average Bonchev–Trinajstić information content (AvgIpc) is 3.72. The van der Waals surface area contributed by atoms with Crippen molar-refractivity contribution in [2.75, 3.05) is 13.7 Å². The zero-order valence-electron chi connectivity index (χ0n) is 35.6. The molecule has 0 aliphatic heterocycles. The molecule has 1 fully saturated rings. The summed E-state index contributed by atoms with van der Waals surface area (Å²) in [5.74, 6) is 0.00877. The normalized spacial score (nSPS) is 21.4. The van der Waals surface area contributed by atoms with E-state index < -0.39 is 32.0 Å². The van der Waals surface area contributed by atoms with Crippen molar-refractivity contribution in [1.82, 2.24) is 18.5 Å². The fourth-order valence-corrected chi connectivity index (χ4v) is 12.1. The van der Waals surface area contributed by atoms with Crippen LogP contribution < -0.4 is 0 Å². The first kappa shape index (κ1) is 42.9. The molecule has 2 bridgehead atoms. The third kappa shape index (κ3) is 7.78. The number of fused-ring (bicyclic) bond motifs is 5. The van der Waals surface area contributed by atoms with Crippen molar-refractivity contribution in [3.05, 3.63) is 88.5 Å². The summed E-state index contributed by atoms with van der Waals surface area (Å²) in [6, 6.07) is 13.4. The second kappa shape index (κ2) is 15.3. The number of hydrogen-bond acceptors (Lipinski definition) is 8. The van der Waals surface area contributed by atoms with Crippen LogP contribution in [0.1, 0.15) is 68.1 Å². The van der Waals surface area contributed by atoms with E-state index >= 15 is 0 Å². The van der Waals surface area contributed by atoms with Crippen LogP contribution in [0.15, 0.2) is 76.6 Å². The Morgan fingerprint density at radius 1 is 0.948 bits per heavy atom. The molecule has 310 valence electrons. The van der Waals surface area contributed by atoms with E-state index in [0.29, 0.717) is 47.6 Å². The molecule has 2 aromatic carbocycles. The molecule has 0 N–H and O–H groups in total. The second-order valence-corrected chi connectivity index (χ2v) is 32.2. The summed E-state index contributed by atoms with van der Waals surface area (Å²) >= 11 is 3.54. The quantitative estimate of drug-likeness (QED) is 0.0898. The van der Waals surface area contributed by atoms with E-state index in [4.69, 9.17) is 23.9 Å². The van der Waals surface area contributed by atoms with Crippen molar-refractivity contribution >= 4 is 59.0 Å². The highest BCUT2D eigenvalue weighted by atomic mass is 79.9. The van der Waals surface area contributed by atoms with E-state index in [1.54, 1.807) is 56.0 Å². The van der Waals surface area contributed by atoms with Gasteiger partial charge < -0.3 is 18.5 Å². The van der Waals surface area contributed by atoms with Gasteiger partial charge in [-0.3, -0.25) is 14.8 Å². The van der Waals surface area contributed by atoms with Crippen LogP contribution >= 0.6 is 15.9 Å². The van der Waals surface area contributed by atoms with Crippen molar-refractivity contribution in [2.45, 2.75) is 121 Å². The maximum atomic E-state index is 14.9. The molecule has 0 radical (unpaired) electrons. The van der Waals surface area contributed by atoms with Gasteiger partial charge in [0.2, 0.25) is 5.78 Å². The number of nitrogens with zero attached hydrogens (tertiary/aromatic N) is 4. The van der Waals surface area contributed by atoms with Crippen LogP contribution in [0, 0.1) is 12.8 Å². The van der Waals surface area contributed by atoms with Crippen LogP contribution in [0.5, 0.6) is 0 Å². The number of aromatic nitrogens is 4. The molecule has 4 atom stereocenters. The van der Waals surface area contributed by atoms with Gasteiger partial charge in [0.1, 0.15) is 12.3 Å². The van der Waals surface area contributed by atoms with Crippen LogP contribution in [-0.4, -0.2) is 74.5 Å². The van der Waals surface area contributed by atoms with Gasteiger partial charge in [0.15, 0.2) is 8.32 Å². The van der Waals surface area contributed by atoms with Crippen LogP contribution in [0.4, 0.5) is 0 Å². The molecule has 58 heavy (non-hydrogen) atoms. The zero-order valence-corrected chi connectivity index (χ0v) is 40.0. The Hall–Kier alpha value is -3.25. The highest BCUT2D eigenvalue weighted by molar-refractivity contribution is 9.10. The minimum atomic E-state index is -3.93. The number of methoxy groups -OCH3 is 1. The highest BCUT2D eigenvalue weighted by Crippen LogP contribution is 2.55. The number of ketones is 1. The largest absolute Gasteiger partial charge is 0.414 e. The minimum Gasteiger partial charge on any atom is -0.414 e. The van der Waals surface area contributed by atoms with E-state index in [1.165, 1.54) is 3.97 Å². The summed E-state index contributed by atoms with van der Waals surface area (Å²) in [6.07, 6.45) is 7.94. The lowest BCUT2D eigenvalue weighted by Gasteiger charge is -2.52. The molecule has 7 rings (SSSR count). The molecule has 0 unspecified atom stereocenters. The predicted octanol–water partition coefficient (Wildman–Crippen LogP) is 10.7. The van der Waals surface area contributed by atoms with E-state index in [0.717, 1.165) is 32.6 Å². The molecule has 14 heteroatoms. The Morgan fingerprint density at radius 3 is 2.21 bits per heavy atom. The zero-order chi connectivity index (χ0) is 42.2. The lowest BCUT2D eigenvalue weighted by atomic mass is 9.61.